The van der Waals surface area contributed by atoms with Gasteiger partial charge in [0.05, 0.1) is 11.4 Å². The number of carbonyl (C=O) groups is 2. The van der Waals surface area contributed by atoms with Crippen LogP contribution in [0.25, 0.3) is 10.7 Å². The van der Waals surface area contributed by atoms with Crippen LogP contribution in [-0.4, -0.2) is 27.9 Å². The molecule has 1 unspecified atom stereocenters. The number of benzene rings is 1. The van der Waals surface area contributed by atoms with Crippen molar-refractivity contribution in [3.8, 4) is 10.7 Å². The number of rotatable bonds is 6. The van der Waals surface area contributed by atoms with Gasteiger partial charge in [0, 0.05) is 17.8 Å². The summed E-state index contributed by atoms with van der Waals surface area (Å²) in [5.74, 6) is -0.855. The van der Waals surface area contributed by atoms with E-state index in [0.29, 0.717) is 26.8 Å². The Morgan fingerprint density at radius 1 is 1.14 bits per heavy atom. The molecule has 1 amide bonds. The van der Waals surface area contributed by atoms with Gasteiger partial charge in [-0.1, -0.05) is 36.4 Å². The summed E-state index contributed by atoms with van der Waals surface area (Å²) in [5, 5.41) is 3.56. The summed E-state index contributed by atoms with van der Waals surface area (Å²) < 4.78 is 5.64. The fraction of sp³-hybridized carbons (Fsp3) is 0.238. The maximum atomic E-state index is 12.8. The zero-order chi connectivity index (χ0) is 19.5. The van der Waals surface area contributed by atoms with Crippen molar-refractivity contribution < 1.29 is 14.3 Å². The van der Waals surface area contributed by atoms with Crippen molar-refractivity contribution in [2.45, 2.75) is 31.9 Å². The van der Waals surface area contributed by atoms with Crippen LogP contribution in [-0.2, 0) is 9.53 Å². The van der Waals surface area contributed by atoms with Crippen molar-refractivity contribution in [3.05, 3.63) is 70.9 Å². The van der Waals surface area contributed by atoms with Gasteiger partial charge in [-0.2, -0.15) is 0 Å². The number of ether oxygens (including phenoxy) is 1. The molecule has 0 aliphatic heterocycles. The zero-order valence-electron chi connectivity index (χ0n) is 15.3. The molecular formula is C21H19N3O3S. The maximum absolute atomic E-state index is 12.8. The molecule has 1 aromatic carbocycles. The molecule has 1 N–H and O–H groups in total. The highest BCUT2D eigenvalue weighted by Gasteiger charge is 2.32. The first-order valence-electron chi connectivity index (χ1n) is 9.07. The van der Waals surface area contributed by atoms with Crippen molar-refractivity contribution in [2.75, 3.05) is 0 Å². The Bertz CT molecular complexity index is 985. The average molecular weight is 393 g/mol. The number of aromatic nitrogens is 2. The molecule has 0 radical (unpaired) electrons. The number of nitrogens with zero attached hydrogens (tertiary/aromatic N) is 2. The van der Waals surface area contributed by atoms with Crippen LogP contribution in [0.2, 0.25) is 0 Å². The Labute approximate surface area is 166 Å². The van der Waals surface area contributed by atoms with Gasteiger partial charge in [0.15, 0.2) is 0 Å². The van der Waals surface area contributed by atoms with Crippen molar-refractivity contribution in [3.63, 3.8) is 0 Å². The first-order valence-corrected chi connectivity index (χ1v) is 9.88. The Morgan fingerprint density at radius 2 is 1.89 bits per heavy atom. The molecule has 0 bridgehead atoms. The van der Waals surface area contributed by atoms with E-state index in [4.69, 9.17) is 4.74 Å². The van der Waals surface area contributed by atoms with Crippen molar-refractivity contribution in [1.82, 2.24) is 15.3 Å². The summed E-state index contributed by atoms with van der Waals surface area (Å²) in [5.41, 5.74) is 1.90. The van der Waals surface area contributed by atoms with Crippen LogP contribution in [0.3, 0.4) is 0 Å². The molecular weight excluding hydrogens is 374 g/mol. The number of carbonyl (C=O) groups excluding carboxylic acids is 2. The van der Waals surface area contributed by atoms with Crippen LogP contribution in [0.4, 0.5) is 0 Å². The summed E-state index contributed by atoms with van der Waals surface area (Å²) >= 11 is 1.22. The topological polar surface area (TPSA) is 81.2 Å². The lowest BCUT2D eigenvalue weighted by Crippen LogP contribution is -2.33. The summed E-state index contributed by atoms with van der Waals surface area (Å²) in [4.78, 5) is 34.6. The molecule has 142 valence electrons. The Kier molecular flexibility index (Phi) is 5.16. The van der Waals surface area contributed by atoms with Gasteiger partial charge in [0.25, 0.3) is 5.91 Å². The molecule has 1 atom stereocenters. The summed E-state index contributed by atoms with van der Waals surface area (Å²) in [7, 11) is 0. The smallest absolute Gasteiger partial charge is 0.351 e. The fourth-order valence-electron chi connectivity index (χ4n) is 2.75. The first-order chi connectivity index (χ1) is 13.6. The van der Waals surface area contributed by atoms with Gasteiger partial charge < -0.3 is 10.1 Å². The van der Waals surface area contributed by atoms with Crippen LogP contribution in [0.5, 0.6) is 0 Å². The van der Waals surface area contributed by atoms with Crippen molar-refractivity contribution in [1.29, 1.82) is 0 Å². The molecule has 6 nitrogen and oxygen atoms in total. The number of amides is 1. The van der Waals surface area contributed by atoms with E-state index in [2.05, 4.69) is 15.3 Å². The van der Waals surface area contributed by atoms with Gasteiger partial charge in [-0.15, -0.1) is 11.3 Å². The Morgan fingerprint density at radius 3 is 2.57 bits per heavy atom. The van der Waals surface area contributed by atoms with Crippen LogP contribution in [0, 0.1) is 6.92 Å². The number of thiazole rings is 1. The number of aryl methyl sites for hydroxylation is 1. The van der Waals surface area contributed by atoms with Crippen LogP contribution in [0.1, 0.15) is 39.9 Å². The number of nitrogens with one attached hydrogen (secondary N) is 1. The molecule has 1 aliphatic carbocycles. The lowest BCUT2D eigenvalue weighted by atomic mass is 10.1. The first kappa shape index (κ1) is 18.3. The molecule has 0 saturated heterocycles. The lowest BCUT2D eigenvalue weighted by Gasteiger charge is -2.17. The van der Waals surface area contributed by atoms with E-state index in [1.807, 2.05) is 36.4 Å². The molecule has 4 rings (SSSR count). The molecule has 1 fully saturated rings. The predicted molar refractivity (Wildman–Crippen MR) is 106 cm³/mol. The highest BCUT2D eigenvalue weighted by Crippen LogP contribution is 2.29. The van der Waals surface area contributed by atoms with Gasteiger partial charge in [0.2, 0.25) is 6.10 Å². The SMILES string of the molecule is Cc1nc(-c2ccccn2)sc1C(=O)OC(C(=O)NC1CC1)c1ccccc1. The molecule has 2 aromatic heterocycles. The minimum atomic E-state index is -0.992. The van der Waals surface area contributed by atoms with Gasteiger partial charge >= 0.3 is 5.97 Å². The predicted octanol–water partition coefficient (Wildman–Crippen LogP) is 3.69. The lowest BCUT2D eigenvalue weighted by molar-refractivity contribution is -0.130. The highest BCUT2D eigenvalue weighted by molar-refractivity contribution is 7.17. The third-order valence-electron chi connectivity index (χ3n) is 4.36. The van der Waals surface area contributed by atoms with E-state index in [1.54, 1.807) is 25.3 Å². The molecule has 2 heterocycles. The Hall–Kier alpha value is -3.06. The molecule has 1 saturated carbocycles. The molecule has 7 heteroatoms. The van der Waals surface area contributed by atoms with Gasteiger partial charge in [-0.3, -0.25) is 9.78 Å². The standard InChI is InChI=1S/C21H19N3O3S/c1-13-18(28-20(23-13)16-9-5-6-12-22-16)21(26)27-17(14-7-3-2-4-8-14)19(25)24-15-10-11-15/h2-9,12,15,17H,10-11H2,1H3,(H,24,25). The van der Waals surface area contributed by atoms with Crippen molar-refractivity contribution >= 4 is 23.2 Å². The van der Waals surface area contributed by atoms with E-state index in [0.717, 1.165) is 12.8 Å². The summed E-state index contributed by atoms with van der Waals surface area (Å²) in [6, 6.07) is 14.8. The van der Waals surface area contributed by atoms with E-state index in [1.165, 1.54) is 11.3 Å². The van der Waals surface area contributed by atoms with E-state index in [-0.39, 0.29) is 11.9 Å². The average Bonchev–Trinajstić information content (AvgIpc) is 3.45. The van der Waals surface area contributed by atoms with Gasteiger partial charge in [-0.25, -0.2) is 9.78 Å². The zero-order valence-corrected chi connectivity index (χ0v) is 16.1. The van der Waals surface area contributed by atoms with Gasteiger partial charge in [-0.05, 0) is 31.9 Å². The van der Waals surface area contributed by atoms with Crippen molar-refractivity contribution in [2.24, 2.45) is 0 Å². The second-order valence-corrected chi connectivity index (χ2v) is 7.63. The number of hydrogen-bond donors (Lipinski definition) is 1. The van der Waals surface area contributed by atoms with Crippen LogP contribution in [0.15, 0.2) is 54.7 Å². The van der Waals surface area contributed by atoms with Crippen LogP contribution >= 0.6 is 11.3 Å². The maximum Gasteiger partial charge on any atom is 0.351 e. The third-order valence-corrected chi connectivity index (χ3v) is 5.52. The van der Waals surface area contributed by atoms with Crippen LogP contribution < -0.4 is 5.32 Å². The monoisotopic (exact) mass is 393 g/mol. The molecule has 3 aromatic rings. The second-order valence-electron chi connectivity index (χ2n) is 6.63. The molecule has 0 spiro atoms. The number of hydrogen-bond acceptors (Lipinski definition) is 6. The number of esters is 1. The number of pyridine rings is 1. The highest BCUT2D eigenvalue weighted by atomic mass is 32.1. The largest absolute Gasteiger partial charge is 0.443 e. The van der Waals surface area contributed by atoms with E-state index in [9.17, 15) is 9.59 Å². The molecule has 28 heavy (non-hydrogen) atoms. The second kappa shape index (κ2) is 7.90. The minimum Gasteiger partial charge on any atom is -0.443 e. The fourth-order valence-corrected chi connectivity index (χ4v) is 3.68. The minimum absolute atomic E-state index is 0.179. The summed E-state index contributed by atoms with van der Waals surface area (Å²) in [6.45, 7) is 1.75. The van der Waals surface area contributed by atoms with E-state index < -0.39 is 12.1 Å². The third kappa shape index (κ3) is 4.09. The quantitative estimate of drug-likeness (QED) is 0.646. The van der Waals surface area contributed by atoms with E-state index >= 15 is 0 Å². The molecule has 1 aliphatic rings. The normalized spacial score (nSPS) is 14.3. The Balaban J connectivity index is 1.57. The summed E-state index contributed by atoms with van der Waals surface area (Å²) in [6.07, 6.45) is 2.61. The van der Waals surface area contributed by atoms with Gasteiger partial charge in [0.1, 0.15) is 9.88 Å².